The van der Waals surface area contributed by atoms with Gasteiger partial charge in [0, 0.05) is 23.3 Å². The highest BCUT2D eigenvalue weighted by atomic mass is 79.9. The van der Waals surface area contributed by atoms with Gasteiger partial charge in [0.25, 0.3) is 0 Å². The molecule has 0 atom stereocenters. The predicted molar refractivity (Wildman–Crippen MR) is 65.7 cm³/mol. The fraction of sp³-hybridized carbons (Fsp3) is 0.700. The molecule has 0 unspecified atom stereocenters. The molecule has 0 aliphatic heterocycles. The first-order chi connectivity index (χ1) is 6.85. The van der Waals surface area contributed by atoms with Crippen molar-refractivity contribution in [2.24, 2.45) is 0 Å². The van der Waals surface area contributed by atoms with Crippen LogP contribution in [-0.2, 0) is 6.42 Å². The maximum Gasteiger partial charge on any atom is 0.185 e. The summed E-state index contributed by atoms with van der Waals surface area (Å²) in [4.78, 5) is 7.08. The van der Waals surface area contributed by atoms with E-state index in [9.17, 15) is 0 Å². The lowest BCUT2D eigenvalue weighted by molar-refractivity contribution is 0.824. The Balaban J connectivity index is 2.08. The molecule has 78 valence electrons. The predicted octanol–water partition coefficient (Wildman–Crippen LogP) is 3.07. The fourth-order valence-electron chi connectivity index (χ4n) is 1.50. The van der Waals surface area contributed by atoms with Gasteiger partial charge in [0.2, 0.25) is 0 Å². The minimum Gasteiger partial charge on any atom is -0.344 e. The number of hydrogen-bond donors (Lipinski definition) is 0. The van der Waals surface area contributed by atoms with E-state index < -0.39 is 0 Å². The molecule has 0 N–H and O–H groups in total. The zero-order valence-electron chi connectivity index (χ0n) is 8.37. The summed E-state index contributed by atoms with van der Waals surface area (Å²) in [6, 6.07) is 0.767. The Labute approximate surface area is 97.5 Å². The molecule has 1 saturated carbocycles. The molecule has 1 aromatic rings. The Morgan fingerprint density at radius 3 is 2.93 bits per heavy atom. The van der Waals surface area contributed by atoms with Crippen LogP contribution < -0.4 is 4.90 Å². The minimum absolute atomic E-state index is 0.767. The van der Waals surface area contributed by atoms with Crippen LogP contribution in [0.15, 0.2) is 5.38 Å². The molecule has 0 amide bonds. The summed E-state index contributed by atoms with van der Waals surface area (Å²) >= 11 is 5.29. The van der Waals surface area contributed by atoms with Gasteiger partial charge in [0.05, 0.1) is 5.69 Å². The fourth-order valence-corrected chi connectivity index (χ4v) is 2.89. The van der Waals surface area contributed by atoms with Crippen LogP contribution in [0.4, 0.5) is 5.13 Å². The van der Waals surface area contributed by atoms with Crippen molar-refractivity contribution < 1.29 is 0 Å². The van der Waals surface area contributed by atoms with Crippen LogP contribution in [0.3, 0.4) is 0 Å². The summed E-state index contributed by atoms with van der Waals surface area (Å²) in [5, 5.41) is 4.42. The molecule has 1 aliphatic carbocycles. The molecular formula is C10H15BrN2S. The second-order valence-electron chi connectivity index (χ2n) is 3.59. The molecule has 1 fully saturated rings. The van der Waals surface area contributed by atoms with Gasteiger partial charge in [-0.05, 0) is 19.3 Å². The normalized spacial score (nSPS) is 15.9. The van der Waals surface area contributed by atoms with Crippen LogP contribution in [0.25, 0.3) is 0 Å². The molecule has 0 radical (unpaired) electrons. The standard InChI is InChI=1S/C10H15BrN2S/c1-2-8-7-14-10(12-8)13(6-5-11)9-3-4-9/h7,9H,2-6H2,1H3. The maximum absolute atomic E-state index is 4.63. The Hall–Kier alpha value is -0.0900. The number of thiazole rings is 1. The van der Waals surface area contributed by atoms with E-state index in [4.69, 9.17) is 0 Å². The van der Waals surface area contributed by atoms with E-state index in [1.165, 1.54) is 23.7 Å². The number of halogens is 1. The molecule has 1 aliphatic rings. The highest BCUT2D eigenvalue weighted by Crippen LogP contribution is 2.33. The highest BCUT2D eigenvalue weighted by Gasteiger charge is 2.30. The van der Waals surface area contributed by atoms with Gasteiger partial charge in [0.1, 0.15) is 0 Å². The molecule has 0 saturated heterocycles. The third-order valence-electron chi connectivity index (χ3n) is 2.46. The van der Waals surface area contributed by atoms with E-state index in [-0.39, 0.29) is 0 Å². The number of alkyl halides is 1. The van der Waals surface area contributed by atoms with Crippen LogP contribution in [-0.4, -0.2) is 22.9 Å². The third-order valence-corrected chi connectivity index (χ3v) is 3.74. The van der Waals surface area contributed by atoms with Crippen molar-refractivity contribution in [2.45, 2.75) is 32.2 Å². The summed E-state index contributed by atoms with van der Waals surface area (Å²) in [5.74, 6) is 0. The average molecular weight is 275 g/mol. The summed E-state index contributed by atoms with van der Waals surface area (Å²) in [5.41, 5.74) is 1.23. The van der Waals surface area contributed by atoms with Crippen molar-refractivity contribution in [1.29, 1.82) is 0 Å². The van der Waals surface area contributed by atoms with E-state index in [1.54, 1.807) is 11.3 Å². The summed E-state index contributed by atoms with van der Waals surface area (Å²) < 4.78 is 0. The van der Waals surface area contributed by atoms with Crippen LogP contribution in [0, 0.1) is 0 Å². The zero-order valence-corrected chi connectivity index (χ0v) is 10.8. The van der Waals surface area contributed by atoms with Crippen LogP contribution in [0.1, 0.15) is 25.5 Å². The number of aromatic nitrogens is 1. The molecule has 4 heteroatoms. The van der Waals surface area contributed by atoms with Gasteiger partial charge in [0.15, 0.2) is 5.13 Å². The van der Waals surface area contributed by atoms with Crippen LogP contribution in [0.2, 0.25) is 0 Å². The molecule has 14 heavy (non-hydrogen) atoms. The summed E-state index contributed by atoms with van der Waals surface area (Å²) in [7, 11) is 0. The smallest absolute Gasteiger partial charge is 0.185 e. The van der Waals surface area contributed by atoms with Crippen molar-refractivity contribution in [1.82, 2.24) is 4.98 Å². The van der Waals surface area contributed by atoms with Gasteiger partial charge < -0.3 is 4.90 Å². The monoisotopic (exact) mass is 274 g/mol. The lowest BCUT2D eigenvalue weighted by Crippen LogP contribution is -2.27. The van der Waals surface area contributed by atoms with E-state index in [0.717, 1.165) is 24.3 Å². The van der Waals surface area contributed by atoms with Crippen LogP contribution in [0.5, 0.6) is 0 Å². The lowest BCUT2D eigenvalue weighted by atomic mass is 10.4. The molecule has 0 bridgehead atoms. The Morgan fingerprint density at radius 2 is 2.43 bits per heavy atom. The third kappa shape index (κ3) is 2.28. The van der Waals surface area contributed by atoms with Gasteiger partial charge in [-0.1, -0.05) is 22.9 Å². The molecule has 1 aromatic heterocycles. The number of hydrogen-bond acceptors (Lipinski definition) is 3. The minimum atomic E-state index is 0.767. The van der Waals surface area contributed by atoms with Crippen molar-refractivity contribution in [3.63, 3.8) is 0 Å². The molecule has 0 spiro atoms. The maximum atomic E-state index is 4.63. The van der Waals surface area contributed by atoms with Crippen molar-refractivity contribution >= 4 is 32.4 Å². The molecule has 0 aromatic carbocycles. The Bertz CT molecular complexity index is 296. The first kappa shape index (κ1) is 10.4. The Kier molecular flexibility index (Phi) is 3.44. The first-order valence-corrected chi connectivity index (χ1v) is 7.12. The van der Waals surface area contributed by atoms with Crippen LogP contribution >= 0.6 is 27.3 Å². The number of rotatable bonds is 5. The van der Waals surface area contributed by atoms with Gasteiger partial charge in [-0.2, -0.15) is 0 Å². The molecule has 1 heterocycles. The SMILES string of the molecule is CCc1csc(N(CCBr)C2CC2)n1. The van der Waals surface area contributed by atoms with E-state index in [0.29, 0.717) is 0 Å². The van der Waals surface area contributed by atoms with Gasteiger partial charge >= 0.3 is 0 Å². The highest BCUT2D eigenvalue weighted by molar-refractivity contribution is 9.09. The molecule has 2 rings (SSSR count). The lowest BCUT2D eigenvalue weighted by Gasteiger charge is -2.19. The van der Waals surface area contributed by atoms with Gasteiger partial charge in [-0.15, -0.1) is 11.3 Å². The molecular weight excluding hydrogens is 260 g/mol. The number of nitrogens with zero attached hydrogens (tertiary/aromatic N) is 2. The van der Waals surface area contributed by atoms with Gasteiger partial charge in [-0.25, -0.2) is 4.98 Å². The van der Waals surface area contributed by atoms with Crippen molar-refractivity contribution in [3.05, 3.63) is 11.1 Å². The largest absolute Gasteiger partial charge is 0.344 e. The van der Waals surface area contributed by atoms with E-state index >= 15 is 0 Å². The quantitative estimate of drug-likeness (QED) is 0.768. The first-order valence-electron chi connectivity index (χ1n) is 5.12. The van der Waals surface area contributed by atoms with E-state index in [1.807, 2.05) is 0 Å². The number of anilines is 1. The van der Waals surface area contributed by atoms with Crippen molar-refractivity contribution in [2.75, 3.05) is 16.8 Å². The summed E-state index contributed by atoms with van der Waals surface area (Å²) in [6.07, 6.45) is 3.73. The average Bonchev–Trinajstić information content (AvgIpc) is 2.92. The number of aryl methyl sites for hydroxylation is 1. The molecule has 2 nitrogen and oxygen atoms in total. The Morgan fingerprint density at radius 1 is 1.64 bits per heavy atom. The van der Waals surface area contributed by atoms with E-state index in [2.05, 4.69) is 38.1 Å². The van der Waals surface area contributed by atoms with Gasteiger partial charge in [-0.3, -0.25) is 0 Å². The second kappa shape index (κ2) is 4.62. The zero-order chi connectivity index (χ0) is 9.97. The summed E-state index contributed by atoms with van der Waals surface area (Å²) in [6.45, 7) is 3.24. The second-order valence-corrected chi connectivity index (χ2v) is 5.22. The topological polar surface area (TPSA) is 16.1 Å². The van der Waals surface area contributed by atoms with Crippen molar-refractivity contribution in [3.8, 4) is 0 Å².